The lowest BCUT2D eigenvalue weighted by atomic mass is 10.2. The van der Waals surface area contributed by atoms with Crippen molar-refractivity contribution in [1.82, 2.24) is 5.32 Å². The molecule has 0 fully saturated rings. The summed E-state index contributed by atoms with van der Waals surface area (Å²) in [6, 6.07) is -1.43. The average molecular weight is 289 g/mol. The van der Waals surface area contributed by atoms with E-state index in [4.69, 9.17) is 9.84 Å². The topological polar surface area (TPSA) is 111 Å². The van der Waals surface area contributed by atoms with Crippen LogP contribution in [0.3, 0.4) is 0 Å². The molecule has 20 heavy (non-hydrogen) atoms. The summed E-state index contributed by atoms with van der Waals surface area (Å²) in [7, 11) is 0. The third-order valence-electron chi connectivity index (χ3n) is 1.68. The van der Waals surface area contributed by atoms with Crippen LogP contribution in [0.2, 0.25) is 0 Å². The highest BCUT2D eigenvalue weighted by Crippen LogP contribution is 2.06. The lowest BCUT2D eigenvalue weighted by Gasteiger charge is -2.21. The predicted octanol–water partition coefficient (Wildman–Crippen LogP) is 1.30. The third kappa shape index (κ3) is 8.78. The highest BCUT2D eigenvalue weighted by atomic mass is 16.7. The number of carbonyl (C=O) groups excluding carboxylic acids is 2. The normalized spacial score (nSPS) is 11.9. The lowest BCUT2D eigenvalue weighted by Crippen LogP contribution is -2.46. The second kappa shape index (κ2) is 8.03. The molecular weight excluding hydrogens is 270 g/mol. The van der Waals surface area contributed by atoms with Gasteiger partial charge in [0.05, 0.1) is 0 Å². The summed E-state index contributed by atoms with van der Waals surface area (Å²) in [4.78, 5) is 33.3. The van der Waals surface area contributed by atoms with Gasteiger partial charge < -0.3 is 24.6 Å². The fraction of sp³-hybridized carbons (Fsp3) is 0.583. The van der Waals surface area contributed by atoms with Crippen LogP contribution in [0.4, 0.5) is 9.59 Å². The molecule has 0 aliphatic carbocycles. The van der Waals surface area contributed by atoms with Crippen LogP contribution in [0.1, 0.15) is 20.8 Å². The lowest BCUT2D eigenvalue weighted by molar-refractivity contribution is -0.140. The van der Waals surface area contributed by atoms with Gasteiger partial charge in [0.15, 0.2) is 6.04 Å². The van der Waals surface area contributed by atoms with Gasteiger partial charge in [0, 0.05) is 0 Å². The molecule has 1 atom stereocenters. The molecule has 0 heterocycles. The van der Waals surface area contributed by atoms with E-state index < -0.39 is 36.5 Å². The third-order valence-corrected chi connectivity index (χ3v) is 1.68. The zero-order chi connectivity index (χ0) is 15.8. The quantitative estimate of drug-likeness (QED) is 0.560. The Hall–Kier alpha value is -2.25. The molecule has 1 unspecified atom stereocenters. The minimum atomic E-state index is -1.43. The van der Waals surface area contributed by atoms with E-state index in [1.807, 2.05) is 0 Å². The molecule has 0 saturated carbocycles. The highest BCUT2D eigenvalue weighted by Gasteiger charge is 2.25. The van der Waals surface area contributed by atoms with Crippen molar-refractivity contribution in [3.63, 3.8) is 0 Å². The summed E-state index contributed by atoms with van der Waals surface area (Å²) in [5.41, 5.74) is -0.767. The first-order valence-corrected chi connectivity index (χ1v) is 5.78. The Labute approximate surface area is 116 Å². The number of ether oxygens (including phenoxy) is 3. The Morgan fingerprint density at radius 3 is 2.35 bits per heavy atom. The Bertz CT molecular complexity index is 372. The number of carboxylic acid groups (broad SMARTS) is 1. The van der Waals surface area contributed by atoms with Gasteiger partial charge in [0.1, 0.15) is 18.8 Å². The maximum absolute atomic E-state index is 11.4. The van der Waals surface area contributed by atoms with Gasteiger partial charge in [-0.25, -0.2) is 14.4 Å². The van der Waals surface area contributed by atoms with Gasteiger partial charge >= 0.3 is 18.2 Å². The molecule has 0 saturated heterocycles. The van der Waals surface area contributed by atoms with Crippen LogP contribution in [0, 0.1) is 0 Å². The number of carboxylic acids is 1. The first-order chi connectivity index (χ1) is 9.15. The van der Waals surface area contributed by atoms with Gasteiger partial charge in [0.25, 0.3) is 0 Å². The molecule has 0 aliphatic rings. The summed E-state index contributed by atoms with van der Waals surface area (Å²) in [6.45, 7) is 7.58. The van der Waals surface area contributed by atoms with E-state index in [0.29, 0.717) is 0 Å². The first-order valence-electron chi connectivity index (χ1n) is 5.78. The molecule has 1 amide bonds. The molecule has 2 N–H and O–H groups in total. The standard InChI is InChI=1S/C12H19NO7/c1-5-6-18-11(17)19-7-8(9(14)15)13-10(16)20-12(2,3)4/h5,8H,1,6-7H2,2-4H3,(H,13,16)(H,14,15). The largest absolute Gasteiger partial charge is 0.508 e. The fourth-order valence-corrected chi connectivity index (χ4v) is 0.945. The Morgan fingerprint density at radius 2 is 1.90 bits per heavy atom. The molecular formula is C12H19NO7. The molecule has 0 spiro atoms. The molecule has 0 radical (unpaired) electrons. The smallest absolute Gasteiger partial charge is 0.480 e. The molecule has 0 aromatic heterocycles. The Balaban J connectivity index is 4.30. The Kier molecular flexibility index (Phi) is 7.12. The van der Waals surface area contributed by atoms with Gasteiger partial charge in [0.2, 0.25) is 0 Å². The summed E-state index contributed by atoms with van der Waals surface area (Å²) in [6.07, 6.45) is -0.649. The van der Waals surface area contributed by atoms with Crippen molar-refractivity contribution in [3.05, 3.63) is 12.7 Å². The van der Waals surface area contributed by atoms with E-state index in [0.717, 1.165) is 0 Å². The second-order valence-corrected chi connectivity index (χ2v) is 4.70. The van der Waals surface area contributed by atoms with Crippen molar-refractivity contribution in [2.45, 2.75) is 32.4 Å². The second-order valence-electron chi connectivity index (χ2n) is 4.70. The molecule has 8 heteroatoms. The number of amides is 1. The van der Waals surface area contributed by atoms with Crippen molar-refractivity contribution < 1.29 is 33.7 Å². The molecule has 0 aromatic carbocycles. The van der Waals surface area contributed by atoms with Crippen LogP contribution >= 0.6 is 0 Å². The molecule has 8 nitrogen and oxygen atoms in total. The van der Waals surface area contributed by atoms with Gasteiger partial charge in [-0.1, -0.05) is 12.7 Å². The van der Waals surface area contributed by atoms with Crippen LogP contribution in [0.15, 0.2) is 12.7 Å². The first kappa shape index (κ1) is 17.8. The zero-order valence-electron chi connectivity index (χ0n) is 11.7. The highest BCUT2D eigenvalue weighted by molar-refractivity contribution is 5.80. The van der Waals surface area contributed by atoms with E-state index in [2.05, 4.69) is 21.4 Å². The number of hydrogen-bond acceptors (Lipinski definition) is 6. The van der Waals surface area contributed by atoms with Crippen molar-refractivity contribution in [3.8, 4) is 0 Å². The average Bonchev–Trinajstić information content (AvgIpc) is 2.29. The van der Waals surface area contributed by atoms with E-state index in [9.17, 15) is 14.4 Å². The van der Waals surface area contributed by atoms with E-state index in [1.165, 1.54) is 6.08 Å². The summed E-state index contributed by atoms with van der Waals surface area (Å²) in [5, 5.41) is 11.0. The van der Waals surface area contributed by atoms with Crippen LogP contribution < -0.4 is 5.32 Å². The van der Waals surface area contributed by atoms with Crippen LogP contribution in [0.5, 0.6) is 0 Å². The maximum Gasteiger partial charge on any atom is 0.508 e. The number of alkyl carbamates (subject to hydrolysis) is 1. The van der Waals surface area contributed by atoms with Gasteiger partial charge in [-0.05, 0) is 20.8 Å². The van der Waals surface area contributed by atoms with Crippen LogP contribution in [-0.2, 0) is 19.0 Å². The molecule has 0 rings (SSSR count). The van der Waals surface area contributed by atoms with Gasteiger partial charge in [-0.3, -0.25) is 0 Å². The molecule has 0 aromatic rings. The van der Waals surface area contributed by atoms with Gasteiger partial charge in [-0.15, -0.1) is 0 Å². The van der Waals surface area contributed by atoms with Crippen molar-refractivity contribution >= 4 is 18.2 Å². The predicted molar refractivity (Wildman–Crippen MR) is 68.3 cm³/mol. The van der Waals surface area contributed by atoms with Gasteiger partial charge in [-0.2, -0.15) is 0 Å². The number of aliphatic carboxylic acids is 1. The monoisotopic (exact) mass is 289 g/mol. The SMILES string of the molecule is C=CCOC(=O)OCC(NC(=O)OC(C)(C)C)C(=O)O. The molecule has 0 aliphatic heterocycles. The minimum absolute atomic E-state index is 0.0595. The zero-order valence-corrected chi connectivity index (χ0v) is 11.7. The van der Waals surface area contributed by atoms with Crippen molar-refractivity contribution in [2.24, 2.45) is 0 Å². The molecule has 0 bridgehead atoms. The van der Waals surface area contributed by atoms with Crippen molar-refractivity contribution in [1.29, 1.82) is 0 Å². The summed E-state index contributed by atoms with van der Waals surface area (Å²) < 4.78 is 13.9. The van der Waals surface area contributed by atoms with E-state index in [-0.39, 0.29) is 6.61 Å². The summed E-state index contributed by atoms with van der Waals surface area (Å²) in [5.74, 6) is -1.37. The minimum Gasteiger partial charge on any atom is -0.480 e. The van der Waals surface area contributed by atoms with E-state index in [1.54, 1.807) is 20.8 Å². The maximum atomic E-state index is 11.4. The van der Waals surface area contributed by atoms with E-state index >= 15 is 0 Å². The van der Waals surface area contributed by atoms with Crippen LogP contribution in [0.25, 0.3) is 0 Å². The number of hydrogen-bond donors (Lipinski definition) is 2. The summed E-state index contributed by atoms with van der Waals surface area (Å²) >= 11 is 0. The Morgan fingerprint density at radius 1 is 1.30 bits per heavy atom. The van der Waals surface area contributed by atoms with Crippen LogP contribution in [-0.4, -0.2) is 48.2 Å². The number of rotatable bonds is 6. The molecule has 114 valence electrons. The van der Waals surface area contributed by atoms with Crippen molar-refractivity contribution in [2.75, 3.05) is 13.2 Å². The number of nitrogens with one attached hydrogen (secondary N) is 1. The number of carbonyl (C=O) groups is 3. The fourth-order valence-electron chi connectivity index (χ4n) is 0.945.